The molecule has 10 heteroatoms. The summed E-state index contributed by atoms with van der Waals surface area (Å²) in [4.78, 5) is 27.0. The molecule has 0 unspecified atom stereocenters. The van der Waals surface area contributed by atoms with Gasteiger partial charge in [-0.1, -0.05) is 0 Å². The molecule has 0 heterocycles. The number of carbonyl (C=O) groups excluding carboxylic acids is 2. The maximum absolute atomic E-state index is 12.1. The van der Waals surface area contributed by atoms with Crippen LogP contribution < -0.4 is 32.1 Å². The van der Waals surface area contributed by atoms with Crippen molar-refractivity contribution < 1.29 is 19.1 Å². The Balaban J connectivity index is 3.19. The molecule has 1 rings (SSSR count). The fourth-order valence-electron chi connectivity index (χ4n) is 1.62. The van der Waals surface area contributed by atoms with Crippen LogP contribution in [-0.2, 0) is 0 Å². The third-order valence-corrected chi connectivity index (χ3v) is 2.51. The van der Waals surface area contributed by atoms with Crippen LogP contribution in [0.3, 0.4) is 0 Å². The summed E-state index contributed by atoms with van der Waals surface area (Å²) in [6, 6.07) is 2.71. The van der Waals surface area contributed by atoms with E-state index in [-0.39, 0.29) is 42.0 Å². The predicted molar refractivity (Wildman–Crippen MR) is 84.0 cm³/mol. The van der Waals surface area contributed by atoms with Crippen LogP contribution in [0.2, 0.25) is 0 Å². The SMILES string of the molecule is CN(C)NC(=O)c1cc(C=O)c(OCN=C(N)N)cc1OCN. The van der Waals surface area contributed by atoms with E-state index < -0.39 is 5.91 Å². The van der Waals surface area contributed by atoms with E-state index in [9.17, 15) is 9.59 Å². The number of nitrogens with two attached hydrogens (primary N) is 3. The Bertz CT molecular complexity index is 598. The second-order valence-corrected chi connectivity index (χ2v) is 4.51. The molecule has 0 saturated carbocycles. The summed E-state index contributed by atoms with van der Waals surface area (Å²) in [5.41, 5.74) is 18.6. The van der Waals surface area contributed by atoms with Crippen molar-refractivity contribution in [2.24, 2.45) is 22.2 Å². The molecule has 0 aliphatic heterocycles. The van der Waals surface area contributed by atoms with Gasteiger partial charge in [-0.25, -0.2) is 10.0 Å². The minimum absolute atomic E-state index is 0.139. The number of amides is 1. The minimum Gasteiger partial charge on any atom is -0.478 e. The first kappa shape index (κ1) is 18.2. The van der Waals surface area contributed by atoms with Gasteiger partial charge in [0.05, 0.1) is 11.1 Å². The second kappa shape index (κ2) is 8.56. The topological polar surface area (TPSA) is 158 Å². The van der Waals surface area contributed by atoms with E-state index in [4.69, 9.17) is 26.7 Å². The van der Waals surface area contributed by atoms with Gasteiger partial charge in [-0.05, 0) is 6.07 Å². The summed E-state index contributed by atoms with van der Waals surface area (Å²) in [6.45, 7) is -0.343. The molecule has 0 aliphatic rings. The number of hydrazine groups is 1. The average Bonchev–Trinajstić information content (AvgIpc) is 2.46. The van der Waals surface area contributed by atoms with Crippen molar-refractivity contribution in [3.8, 4) is 11.5 Å². The molecule has 0 aliphatic carbocycles. The van der Waals surface area contributed by atoms with E-state index in [1.807, 2.05) is 0 Å². The van der Waals surface area contributed by atoms with Crippen molar-refractivity contribution in [3.63, 3.8) is 0 Å². The summed E-state index contributed by atoms with van der Waals surface area (Å²) >= 11 is 0. The molecule has 0 saturated heterocycles. The molecule has 0 spiro atoms. The van der Waals surface area contributed by atoms with Gasteiger partial charge in [0.2, 0.25) is 0 Å². The summed E-state index contributed by atoms with van der Waals surface area (Å²) < 4.78 is 10.5. The smallest absolute Gasteiger partial charge is 0.269 e. The Labute approximate surface area is 133 Å². The maximum Gasteiger partial charge on any atom is 0.269 e. The normalized spacial score (nSPS) is 10.1. The van der Waals surface area contributed by atoms with Crippen molar-refractivity contribution in [1.29, 1.82) is 0 Å². The Morgan fingerprint density at radius 1 is 1.30 bits per heavy atom. The first-order valence-electron chi connectivity index (χ1n) is 6.51. The van der Waals surface area contributed by atoms with Gasteiger partial charge in [-0.2, -0.15) is 0 Å². The molecule has 1 aromatic rings. The zero-order valence-electron chi connectivity index (χ0n) is 12.9. The van der Waals surface area contributed by atoms with E-state index in [0.717, 1.165) is 0 Å². The lowest BCUT2D eigenvalue weighted by atomic mass is 10.1. The largest absolute Gasteiger partial charge is 0.478 e. The van der Waals surface area contributed by atoms with Crippen LogP contribution in [0.1, 0.15) is 20.7 Å². The van der Waals surface area contributed by atoms with E-state index >= 15 is 0 Å². The number of hydrogen-bond donors (Lipinski definition) is 4. The van der Waals surface area contributed by atoms with Gasteiger partial charge in [0, 0.05) is 20.2 Å². The standard InChI is InChI=1S/C13H20N6O4/c1-19(2)18-12(21)9-3-8(5-20)10(4-11(9)22-6-14)23-7-17-13(15)16/h3-5H,6-7,14H2,1-2H3,(H,18,21)(H4,15,16,17). The van der Waals surface area contributed by atoms with Crippen molar-refractivity contribution in [3.05, 3.63) is 23.3 Å². The molecular weight excluding hydrogens is 304 g/mol. The predicted octanol–water partition coefficient (Wildman–Crippen LogP) is -1.39. The molecule has 0 aromatic heterocycles. The van der Waals surface area contributed by atoms with Gasteiger partial charge in [-0.3, -0.25) is 20.7 Å². The lowest BCUT2D eigenvalue weighted by Crippen LogP contribution is -2.36. The number of nitrogens with zero attached hydrogens (tertiary/aromatic N) is 2. The second-order valence-electron chi connectivity index (χ2n) is 4.51. The van der Waals surface area contributed by atoms with E-state index in [1.165, 1.54) is 17.1 Å². The summed E-state index contributed by atoms with van der Waals surface area (Å²) in [5.74, 6) is -0.289. The highest BCUT2D eigenvalue weighted by Gasteiger charge is 2.18. The van der Waals surface area contributed by atoms with Crippen molar-refractivity contribution in [2.45, 2.75) is 0 Å². The van der Waals surface area contributed by atoms with E-state index in [1.54, 1.807) is 14.1 Å². The van der Waals surface area contributed by atoms with Crippen molar-refractivity contribution in [1.82, 2.24) is 10.4 Å². The molecule has 7 N–H and O–H groups in total. The molecule has 126 valence electrons. The van der Waals surface area contributed by atoms with Crippen LogP contribution in [0, 0.1) is 0 Å². The number of aldehydes is 1. The van der Waals surface area contributed by atoms with Crippen LogP contribution >= 0.6 is 0 Å². The van der Waals surface area contributed by atoms with Crippen molar-refractivity contribution in [2.75, 3.05) is 27.6 Å². The number of rotatable bonds is 8. The molecular formula is C13H20N6O4. The quantitative estimate of drug-likeness (QED) is 0.149. The van der Waals surface area contributed by atoms with Crippen LogP contribution in [0.5, 0.6) is 11.5 Å². The summed E-state index contributed by atoms with van der Waals surface area (Å²) in [6.07, 6.45) is 0.545. The van der Waals surface area contributed by atoms with Crippen molar-refractivity contribution >= 4 is 18.2 Å². The lowest BCUT2D eigenvalue weighted by Gasteiger charge is -2.16. The van der Waals surface area contributed by atoms with Crippen LogP contribution in [-0.4, -0.2) is 50.7 Å². The average molecular weight is 324 g/mol. The zero-order chi connectivity index (χ0) is 17.4. The van der Waals surface area contributed by atoms with E-state index in [2.05, 4.69) is 10.4 Å². The molecule has 0 fully saturated rings. The maximum atomic E-state index is 12.1. The molecule has 1 aromatic carbocycles. The van der Waals surface area contributed by atoms with Gasteiger partial charge < -0.3 is 20.9 Å². The number of guanidine groups is 1. The van der Waals surface area contributed by atoms with Gasteiger partial charge >= 0.3 is 0 Å². The Hall–Kier alpha value is -2.85. The molecule has 1 amide bonds. The summed E-state index contributed by atoms with van der Waals surface area (Å²) in [5, 5.41) is 1.46. The van der Waals surface area contributed by atoms with E-state index in [0.29, 0.717) is 6.29 Å². The number of nitrogens with one attached hydrogen (secondary N) is 1. The fourth-order valence-corrected chi connectivity index (χ4v) is 1.62. The van der Waals surface area contributed by atoms with Gasteiger partial charge in [0.25, 0.3) is 5.91 Å². The highest BCUT2D eigenvalue weighted by molar-refractivity contribution is 5.99. The number of carbonyl (C=O) groups is 2. The minimum atomic E-state index is -0.461. The number of aliphatic imine (C=N–C) groups is 1. The van der Waals surface area contributed by atoms with Gasteiger partial charge in [0.1, 0.15) is 18.2 Å². The third-order valence-electron chi connectivity index (χ3n) is 2.51. The Kier molecular flexibility index (Phi) is 6.77. The van der Waals surface area contributed by atoms with Crippen LogP contribution in [0.4, 0.5) is 0 Å². The van der Waals surface area contributed by atoms with Gasteiger partial charge in [-0.15, -0.1) is 0 Å². The fraction of sp³-hybridized carbons (Fsp3) is 0.308. The Morgan fingerprint density at radius 3 is 2.52 bits per heavy atom. The number of benzene rings is 1. The van der Waals surface area contributed by atoms with Crippen LogP contribution in [0.15, 0.2) is 17.1 Å². The van der Waals surface area contributed by atoms with Crippen LogP contribution in [0.25, 0.3) is 0 Å². The van der Waals surface area contributed by atoms with Gasteiger partial charge in [0.15, 0.2) is 19.0 Å². The number of hydrogen-bond acceptors (Lipinski definition) is 7. The first-order chi connectivity index (χ1) is 10.9. The third kappa shape index (κ3) is 5.45. The molecule has 0 bridgehead atoms. The lowest BCUT2D eigenvalue weighted by molar-refractivity contribution is 0.0853. The highest BCUT2D eigenvalue weighted by Crippen LogP contribution is 2.28. The molecule has 10 nitrogen and oxygen atoms in total. The summed E-state index contributed by atoms with van der Waals surface area (Å²) in [7, 11) is 3.30. The molecule has 0 atom stereocenters. The zero-order valence-corrected chi connectivity index (χ0v) is 12.9. The monoisotopic (exact) mass is 324 g/mol. The first-order valence-corrected chi connectivity index (χ1v) is 6.51. The highest BCUT2D eigenvalue weighted by atomic mass is 16.5. The molecule has 23 heavy (non-hydrogen) atoms. The number of ether oxygens (including phenoxy) is 2. The molecule has 0 radical (unpaired) electrons. The Morgan fingerprint density at radius 2 is 2.00 bits per heavy atom.